The molecule has 0 aliphatic heterocycles. The lowest BCUT2D eigenvalue weighted by Gasteiger charge is -2.03. The minimum absolute atomic E-state index is 0.297. The van der Waals surface area contributed by atoms with Crippen molar-refractivity contribution in [3.8, 4) is 0 Å². The molecule has 0 spiro atoms. The molecule has 0 saturated carbocycles. The molecule has 0 rings (SSSR count). The Kier molecular flexibility index (Phi) is 10.0. The van der Waals surface area contributed by atoms with Crippen LogP contribution in [0.5, 0.6) is 0 Å². The van der Waals surface area contributed by atoms with E-state index < -0.39 is 0 Å². The molecule has 0 amide bonds. The van der Waals surface area contributed by atoms with E-state index in [1.165, 1.54) is 6.26 Å². The van der Waals surface area contributed by atoms with Gasteiger partial charge in [0.15, 0.2) is 0 Å². The second-order valence-electron chi connectivity index (χ2n) is 3.79. The van der Waals surface area contributed by atoms with Gasteiger partial charge >= 0.3 is 5.97 Å². The van der Waals surface area contributed by atoms with Crippen LogP contribution in [-0.2, 0) is 14.3 Å². The van der Waals surface area contributed by atoms with Crippen molar-refractivity contribution in [2.45, 2.75) is 39.0 Å². The number of carbonyl (C=O) groups is 1. The quantitative estimate of drug-likeness (QED) is 0.252. The standard InChI is InChI=1S/C14H22O3/c1-4-16-11-9-7-5-6-8-10-12-17-14(15)13(2)3/h4,9,11H,1-2,5-8,10,12H2,3H3/b11-9+. The smallest absolute Gasteiger partial charge is 0.333 e. The fourth-order valence-corrected chi connectivity index (χ4v) is 1.19. The minimum atomic E-state index is -0.297. The maximum Gasteiger partial charge on any atom is 0.333 e. The Labute approximate surface area is 104 Å². The normalized spacial score (nSPS) is 10.2. The number of allylic oxidation sites excluding steroid dienone is 1. The molecule has 3 nitrogen and oxygen atoms in total. The van der Waals surface area contributed by atoms with Gasteiger partial charge in [0.1, 0.15) is 0 Å². The molecule has 0 aromatic carbocycles. The first kappa shape index (κ1) is 15.5. The van der Waals surface area contributed by atoms with E-state index in [-0.39, 0.29) is 5.97 Å². The first-order valence-corrected chi connectivity index (χ1v) is 5.92. The van der Waals surface area contributed by atoms with Crippen molar-refractivity contribution in [3.63, 3.8) is 0 Å². The van der Waals surface area contributed by atoms with E-state index in [1.54, 1.807) is 13.2 Å². The Morgan fingerprint density at radius 1 is 1.24 bits per heavy atom. The van der Waals surface area contributed by atoms with Crippen LogP contribution in [0.4, 0.5) is 0 Å². The predicted octanol–water partition coefficient (Wildman–Crippen LogP) is 3.73. The van der Waals surface area contributed by atoms with E-state index in [1.807, 2.05) is 6.08 Å². The van der Waals surface area contributed by atoms with Crippen LogP contribution in [0.1, 0.15) is 39.0 Å². The van der Waals surface area contributed by atoms with Gasteiger partial charge < -0.3 is 9.47 Å². The monoisotopic (exact) mass is 238 g/mol. The molecule has 3 heteroatoms. The molecule has 0 heterocycles. The molecule has 0 unspecified atom stereocenters. The molecule has 0 saturated heterocycles. The maximum absolute atomic E-state index is 11.0. The van der Waals surface area contributed by atoms with E-state index in [2.05, 4.69) is 13.2 Å². The summed E-state index contributed by atoms with van der Waals surface area (Å²) in [6.45, 7) is 9.09. The van der Waals surface area contributed by atoms with Gasteiger partial charge in [-0.3, -0.25) is 0 Å². The van der Waals surface area contributed by atoms with Crippen LogP contribution >= 0.6 is 0 Å². The summed E-state index contributed by atoms with van der Waals surface area (Å²) >= 11 is 0. The zero-order valence-electron chi connectivity index (χ0n) is 10.6. The van der Waals surface area contributed by atoms with Crippen molar-refractivity contribution in [3.05, 3.63) is 37.3 Å². The maximum atomic E-state index is 11.0. The van der Waals surface area contributed by atoms with Crippen molar-refractivity contribution in [1.29, 1.82) is 0 Å². The van der Waals surface area contributed by atoms with Gasteiger partial charge in [0.25, 0.3) is 0 Å². The van der Waals surface area contributed by atoms with Crippen LogP contribution in [0, 0.1) is 0 Å². The Morgan fingerprint density at radius 3 is 2.59 bits per heavy atom. The molecule has 0 aromatic heterocycles. The van der Waals surface area contributed by atoms with Gasteiger partial charge in [-0.05, 0) is 32.3 Å². The fraction of sp³-hybridized carbons (Fsp3) is 0.500. The van der Waals surface area contributed by atoms with E-state index in [0.717, 1.165) is 32.1 Å². The van der Waals surface area contributed by atoms with Gasteiger partial charge in [-0.2, -0.15) is 0 Å². The van der Waals surface area contributed by atoms with Crippen molar-refractivity contribution >= 4 is 5.97 Å². The van der Waals surface area contributed by atoms with Crippen LogP contribution in [0.15, 0.2) is 37.3 Å². The highest BCUT2D eigenvalue weighted by Gasteiger charge is 2.01. The molecule has 0 aliphatic rings. The average Bonchev–Trinajstić information content (AvgIpc) is 2.31. The second kappa shape index (κ2) is 11.0. The Hall–Kier alpha value is -1.51. The van der Waals surface area contributed by atoms with Crippen LogP contribution in [-0.4, -0.2) is 12.6 Å². The van der Waals surface area contributed by atoms with E-state index >= 15 is 0 Å². The number of unbranched alkanes of at least 4 members (excludes halogenated alkanes) is 4. The van der Waals surface area contributed by atoms with Crippen molar-refractivity contribution in [2.24, 2.45) is 0 Å². The number of ether oxygens (including phenoxy) is 2. The van der Waals surface area contributed by atoms with E-state index in [0.29, 0.717) is 12.2 Å². The zero-order chi connectivity index (χ0) is 12.9. The van der Waals surface area contributed by atoms with E-state index in [4.69, 9.17) is 9.47 Å². The molecule has 0 atom stereocenters. The molecule has 96 valence electrons. The summed E-state index contributed by atoms with van der Waals surface area (Å²) in [7, 11) is 0. The average molecular weight is 238 g/mol. The van der Waals surface area contributed by atoms with Gasteiger partial charge in [-0.1, -0.05) is 26.0 Å². The molecule has 0 aliphatic carbocycles. The highest BCUT2D eigenvalue weighted by molar-refractivity contribution is 5.86. The molecule has 17 heavy (non-hydrogen) atoms. The highest BCUT2D eigenvalue weighted by atomic mass is 16.5. The van der Waals surface area contributed by atoms with Crippen molar-refractivity contribution in [1.82, 2.24) is 0 Å². The van der Waals surface area contributed by atoms with Crippen molar-refractivity contribution in [2.75, 3.05) is 6.61 Å². The fourth-order valence-electron chi connectivity index (χ4n) is 1.19. The highest BCUT2D eigenvalue weighted by Crippen LogP contribution is 2.04. The third-order valence-corrected chi connectivity index (χ3v) is 2.12. The van der Waals surface area contributed by atoms with Crippen LogP contribution in [0.3, 0.4) is 0 Å². The van der Waals surface area contributed by atoms with Crippen LogP contribution < -0.4 is 0 Å². The first-order chi connectivity index (χ1) is 8.18. The zero-order valence-corrected chi connectivity index (χ0v) is 10.6. The van der Waals surface area contributed by atoms with Gasteiger partial charge in [-0.15, -0.1) is 0 Å². The number of hydrogen-bond acceptors (Lipinski definition) is 3. The minimum Gasteiger partial charge on any atom is -0.474 e. The molecule has 0 N–H and O–H groups in total. The van der Waals surface area contributed by atoms with Crippen LogP contribution in [0.25, 0.3) is 0 Å². The third kappa shape index (κ3) is 10.8. The summed E-state index contributed by atoms with van der Waals surface area (Å²) in [5.41, 5.74) is 0.456. The van der Waals surface area contributed by atoms with Gasteiger partial charge in [0, 0.05) is 5.57 Å². The lowest BCUT2D eigenvalue weighted by molar-refractivity contribution is -0.139. The largest absolute Gasteiger partial charge is 0.474 e. The van der Waals surface area contributed by atoms with E-state index in [9.17, 15) is 4.79 Å². The third-order valence-electron chi connectivity index (χ3n) is 2.12. The lowest BCUT2D eigenvalue weighted by atomic mass is 10.1. The Morgan fingerprint density at radius 2 is 1.94 bits per heavy atom. The summed E-state index contributed by atoms with van der Waals surface area (Å²) < 4.78 is 9.82. The summed E-state index contributed by atoms with van der Waals surface area (Å²) in [5.74, 6) is -0.297. The molecular weight excluding hydrogens is 216 g/mol. The molecular formula is C14H22O3. The summed E-state index contributed by atoms with van der Waals surface area (Å²) in [6.07, 6.45) is 10.2. The Bertz CT molecular complexity index is 267. The predicted molar refractivity (Wildman–Crippen MR) is 69.3 cm³/mol. The Balaban J connectivity index is 3.21. The summed E-state index contributed by atoms with van der Waals surface area (Å²) in [5, 5.41) is 0. The summed E-state index contributed by atoms with van der Waals surface area (Å²) in [6, 6.07) is 0. The van der Waals surface area contributed by atoms with Gasteiger partial charge in [-0.25, -0.2) is 4.79 Å². The number of esters is 1. The molecule has 0 bridgehead atoms. The molecule has 0 radical (unpaired) electrons. The molecule has 0 fully saturated rings. The topological polar surface area (TPSA) is 35.5 Å². The first-order valence-electron chi connectivity index (χ1n) is 5.92. The second-order valence-corrected chi connectivity index (χ2v) is 3.79. The lowest BCUT2D eigenvalue weighted by Crippen LogP contribution is -2.05. The van der Waals surface area contributed by atoms with Crippen molar-refractivity contribution < 1.29 is 14.3 Å². The summed E-state index contributed by atoms with van der Waals surface area (Å²) in [4.78, 5) is 11.0. The SMILES string of the molecule is C=CO/C=C/CCCCCCOC(=O)C(=C)C. The van der Waals surface area contributed by atoms with Crippen LogP contribution in [0.2, 0.25) is 0 Å². The van der Waals surface area contributed by atoms with Gasteiger partial charge in [0.05, 0.1) is 19.1 Å². The van der Waals surface area contributed by atoms with Gasteiger partial charge in [0.2, 0.25) is 0 Å². The number of rotatable bonds is 10. The number of hydrogen-bond donors (Lipinski definition) is 0. The molecule has 0 aromatic rings. The number of carbonyl (C=O) groups excluding carboxylic acids is 1.